The number of hydrogen-bond acceptors (Lipinski definition) is 2. The van der Waals surface area contributed by atoms with E-state index in [2.05, 4.69) is 20.8 Å². The first-order chi connectivity index (χ1) is 13.7. The Bertz CT molecular complexity index is 846. The van der Waals surface area contributed by atoms with Gasteiger partial charge in [-0.25, -0.2) is 0 Å². The molecule has 0 N–H and O–H groups in total. The summed E-state index contributed by atoms with van der Waals surface area (Å²) in [5.74, 6) is 0.181. The highest BCUT2D eigenvalue weighted by atomic mass is 35.5. The highest BCUT2D eigenvalue weighted by molar-refractivity contribution is 6.30. The second-order valence-corrected chi connectivity index (χ2v) is 9.06. The van der Waals surface area contributed by atoms with Gasteiger partial charge in [-0.3, -0.25) is 9.59 Å². The van der Waals surface area contributed by atoms with Crippen molar-refractivity contribution in [2.45, 2.75) is 39.0 Å². The highest BCUT2D eigenvalue weighted by Crippen LogP contribution is 2.22. The van der Waals surface area contributed by atoms with Crippen LogP contribution in [0.2, 0.25) is 5.02 Å². The second kappa shape index (κ2) is 9.00. The van der Waals surface area contributed by atoms with Crippen molar-refractivity contribution in [3.05, 3.63) is 70.2 Å². The number of hydrogen-bond donors (Lipinski definition) is 0. The number of benzene rings is 2. The van der Waals surface area contributed by atoms with Gasteiger partial charge in [-0.1, -0.05) is 56.6 Å². The summed E-state index contributed by atoms with van der Waals surface area (Å²) in [7, 11) is 0. The van der Waals surface area contributed by atoms with E-state index in [0.717, 1.165) is 5.56 Å². The molecule has 2 aromatic carbocycles. The van der Waals surface area contributed by atoms with Gasteiger partial charge in [0.25, 0.3) is 5.91 Å². The number of carbonyl (C=O) groups excluding carboxylic acids is 2. The molecule has 1 aliphatic heterocycles. The van der Waals surface area contributed by atoms with E-state index >= 15 is 0 Å². The van der Waals surface area contributed by atoms with Gasteiger partial charge >= 0.3 is 0 Å². The average Bonchev–Trinajstić information content (AvgIpc) is 2.72. The van der Waals surface area contributed by atoms with Crippen LogP contribution in [0.25, 0.3) is 0 Å². The Hall–Kier alpha value is -2.33. The van der Waals surface area contributed by atoms with E-state index in [0.29, 0.717) is 49.6 Å². The van der Waals surface area contributed by atoms with Gasteiger partial charge in [-0.15, -0.1) is 0 Å². The van der Waals surface area contributed by atoms with Crippen LogP contribution < -0.4 is 0 Å². The van der Waals surface area contributed by atoms with Crippen LogP contribution in [0.5, 0.6) is 0 Å². The molecule has 154 valence electrons. The lowest BCUT2D eigenvalue weighted by atomic mass is 9.86. The highest BCUT2D eigenvalue weighted by Gasteiger charge is 2.25. The zero-order valence-corrected chi connectivity index (χ0v) is 18.2. The number of halogens is 1. The summed E-state index contributed by atoms with van der Waals surface area (Å²) < 4.78 is 0. The molecule has 0 radical (unpaired) electrons. The van der Waals surface area contributed by atoms with E-state index in [9.17, 15) is 9.59 Å². The molecule has 2 amide bonds. The van der Waals surface area contributed by atoms with E-state index in [1.807, 2.05) is 58.3 Å². The van der Waals surface area contributed by atoms with Gasteiger partial charge in [-0.05, 0) is 47.2 Å². The van der Waals surface area contributed by atoms with Crippen LogP contribution >= 0.6 is 11.6 Å². The molecule has 0 atom stereocenters. The number of amides is 2. The summed E-state index contributed by atoms with van der Waals surface area (Å²) in [6, 6.07) is 15.5. The first-order valence-electron chi connectivity index (χ1n) is 10.2. The first kappa shape index (κ1) is 21.4. The SMILES string of the molecule is CC(C)(C)c1ccc(C(=O)N2CCN(C(=O)CCc3ccc(Cl)cc3)CC2)cc1. The number of carbonyl (C=O) groups is 2. The van der Waals surface area contributed by atoms with Gasteiger partial charge in [-0.2, -0.15) is 0 Å². The summed E-state index contributed by atoms with van der Waals surface area (Å²) in [6.45, 7) is 8.81. The Morgan fingerprint density at radius 1 is 0.862 bits per heavy atom. The Morgan fingerprint density at radius 3 is 1.97 bits per heavy atom. The van der Waals surface area contributed by atoms with Crippen molar-refractivity contribution >= 4 is 23.4 Å². The van der Waals surface area contributed by atoms with Crippen molar-refractivity contribution in [2.24, 2.45) is 0 Å². The largest absolute Gasteiger partial charge is 0.339 e. The lowest BCUT2D eigenvalue weighted by Crippen LogP contribution is -2.50. The fraction of sp³-hybridized carbons (Fsp3) is 0.417. The van der Waals surface area contributed by atoms with Crippen molar-refractivity contribution < 1.29 is 9.59 Å². The smallest absolute Gasteiger partial charge is 0.253 e. The molecule has 1 saturated heterocycles. The maximum atomic E-state index is 12.8. The van der Waals surface area contributed by atoms with Gasteiger partial charge in [0.1, 0.15) is 0 Å². The van der Waals surface area contributed by atoms with Crippen LogP contribution in [-0.4, -0.2) is 47.8 Å². The molecule has 1 fully saturated rings. The molecule has 0 aliphatic carbocycles. The van der Waals surface area contributed by atoms with Crippen molar-refractivity contribution in [1.29, 1.82) is 0 Å². The summed E-state index contributed by atoms with van der Waals surface area (Å²) in [5.41, 5.74) is 3.10. The van der Waals surface area contributed by atoms with E-state index in [1.165, 1.54) is 5.56 Å². The molecule has 0 bridgehead atoms. The van der Waals surface area contributed by atoms with Crippen LogP contribution in [0.3, 0.4) is 0 Å². The molecule has 0 spiro atoms. The summed E-state index contributed by atoms with van der Waals surface area (Å²) in [5, 5.41) is 0.703. The molecule has 5 heteroatoms. The van der Waals surface area contributed by atoms with E-state index < -0.39 is 0 Å². The van der Waals surface area contributed by atoms with Crippen LogP contribution in [0.15, 0.2) is 48.5 Å². The van der Waals surface area contributed by atoms with Gasteiger partial charge in [0.05, 0.1) is 0 Å². The number of aryl methyl sites for hydroxylation is 1. The average molecular weight is 413 g/mol. The van der Waals surface area contributed by atoms with Gasteiger partial charge in [0, 0.05) is 43.2 Å². The van der Waals surface area contributed by atoms with E-state index in [-0.39, 0.29) is 17.2 Å². The number of rotatable bonds is 4. The van der Waals surface area contributed by atoms with Crippen molar-refractivity contribution in [1.82, 2.24) is 9.80 Å². The van der Waals surface area contributed by atoms with Crippen LogP contribution in [0.1, 0.15) is 48.7 Å². The molecule has 1 aliphatic rings. The van der Waals surface area contributed by atoms with Crippen LogP contribution in [-0.2, 0) is 16.6 Å². The molecule has 0 aromatic heterocycles. The summed E-state index contributed by atoms with van der Waals surface area (Å²) in [4.78, 5) is 29.0. The molecular weight excluding hydrogens is 384 g/mol. The predicted octanol–water partition coefficient (Wildman–Crippen LogP) is 4.55. The van der Waals surface area contributed by atoms with Crippen LogP contribution in [0.4, 0.5) is 0 Å². The monoisotopic (exact) mass is 412 g/mol. The normalized spacial score (nSPS) is 14.8. The zero-order valence-electron chi connectivity index (χ0n) is 17.5. The van der Waals surface area contributed by atoms with Crippen molar-refractivity contribution in [3.8, 4) is 0 Å². The van der Waals surface area contributed by atoms with Gasteiger partial charge < -0.3 is 9.80 Å². The fourth-order valence-electron chi connectivity index (χ4n) is 3.51. The quantitative estimate of drug-likeness (QED) is 0.738. The van der Waals surface area contributed by atoms with Crippen molar-refractivity contribution in [2.75, 3.05) is 26.2 Å². The Morgan fingerprint density at radius 2 is 1.41 bits per heavy atom. The molecule has 3 rings (SSSR count). The minimum atomic E-state index is 0.0405. The lowest BCUT2D eigenvalue weighted by molar-refractivity contribution is -0.132. The molecule has 29 heavy (non-hydrogen) atoms. The maximum absolute atomic E-state index is 12.8. The first-order valence-corrected chi connectivity index (χ1v) is 10.5. The molecule has 1 heterocycles. The third kappa shape index (κ3) is 5.60. The van der Waals surface area contributed by atoms with Gasteiger partial charge in [0.15, 0.2) is 0 Å². The summed E-state index contributed by atoms with van der Waals surface area (Å²) in [6.07, 6.45) is 1.18. The fourth-order valence-corrected chi connectivity index (χ4v) is 3.64. The van der Waals surface area contributed by atoms with E-state index in [1.54, 1.807) is 0 Å². The molecule has 2 aromatic rings. The molecule has 4 nitrogen and oxygen atoms in total. The molecular formula is C24H29ClN2O2. The topological polar surface area (TPSA) is 40.6 Å². The summed E-state index contributed by atoms with van der Waals surface area (Å²) >= 11 is 5.90. The second-order valence-electron chi connectivity index (χ2n) is 8.63. The van der Waals surface area contributed by atoms with E-state index in [4.69, 9.17) is 11.6 Å². The predicted molar refractivity (Wildman–Crippen MR) is 117 cm³/mol. The maximum Gasteiger partial charge on any atom is 0.253 e. The Balaban J connectivity index is 1.49. The van der Waals surface area contributed by atoms with Crippen LogP contribution in [0, 0.1) is 0 Å². The minimum absolute atomic E-state index is 0.0405. The molecule has 0 saturated carbocycles. The third-order valence-corrected chi connectivity index (χ3v) is 5.71. The molecule has 0 unspecified atom stereocenters. The van der Waals surface area contributed by atoms with Crippen molar-refractivity contribution in [3.63, 3.8) is 0 Å². The minimum Gasteiger partial charge on any atom is -0.339 e. The zero-order chi connectivity index (χ0) is 21.0. The third-order valence-electron chi connectivity index (χ3n) is 5.46. The standard InChI is InChI=1S/C24H29ClN2O2/c1-24(2,3)20-9-7-19(8-10-20)23(29)27-16-14-26(15-17-27)22(28)13-6-18-4-11-21(25)12-5-18/h4-5,7-12H,6,13-17H2,1-3H3. The van der Waals surface area contributed by atoms with Gasteiger partial charge in [0.2, 0.25) is 5.91 Å². The Kier molecular flexibility index (Phi) is 6.63. The Labute approximate surface area is 178 Å². The number of piperazine rings is 1. The lowest BCUT2D eigenvalue weighted by Gasteiger charge is -2.35. The number of nitrogens with zero attached hydrogens (tertiary/aromatic N) is 2.